The highest BCUT2D eigenvalue weighted by atomic mass is 35.7. The lowest BCUT2D eigenvalue weighted by Crippen LogP contribution is -2.00. The third kappa shape index (κ3) is 2.69. The maximum atomic E-state index is 11.6. The molecule has 19 heavy (non-hydrogen) atoms. The smallest absolute Gasteiger partial charge is 0.261 e. The Morgan fingerprint density at radius 3 is 2.42 bits per heavy atom. The van der Waals surface area contributed by atoms with Crippen LogP contribution in [0.4, 0.5) is 0 Å². The van der Waals surface area contributed by atoms with Crippen molar-refractivity contribution in [1.29, 1.82) is 0 Å². The van der Waals surface area contributed by atoms with Gasteiger partial charge in [-0.2, -0.15) is 0 Å². The van der Waals surface area contributed by atoms with Crippen molar-refractivity contribution >= 4 is 30.5 Å². The molecular formula is C14H13ClO3S. The van der Waals surface area contributed by atoms with Gasteiger partial charge in [0.1, 0.15) is 5.75 Å². The standard InChI is InChI=1S/C14H13ClO3S/c15-19(16,17)14-8-7-13(18-9-10-5-6-10)11-3-1-2-4-12(11)14/h1-4,7-8,10H,5-6,9H2. The molecule has 3 rings (SSSR count). The summed E-state index contributed by atoms with van der Waals surface area (Å²) in [5.74, 6) is 1.36. The minimum absolute atomic E-state index is 0.128. The van der Waals surface area contributed by atoms with E-state index in [0.717, 1.165) is 5.39 Å². The van der Waals surface area contributed by atoms with Gasteiger partial charge in [-0.15, -0.1) is 0 Å². The molecule has 0 aliphatic heterocycles. The van der Waals surface area contributed by atoms with Crippen LogP contribution in [0.15, 0.2) is 41.3 Å². The van der Waals surface area contributed by atoms with E-state index in [1.807, 2.05) is 12.1 Å². The van der Waals surface area contributed by atoms with Crippen LogP contribution in [-0.2, 0) is 9.05 Å². The molecule has 3 nitrogen and oxygen atoms in total. The summed E-state index contributed by atoms with van der Waals surface area (Å²) in [6, 6.07) is 10.4. The molecule has 0 heterocycles. The summed E-state index contributed by atoms with van der Waals surface area (Å²) >= 11 is 0. The molecular weight excluding hydrogens is 284 g/mol. The van der Waals surface area contributed by atoms with E-state index in [4.69, 9.17) is 15.4 Å². The number of halogens is 1. The molecule has 5 heteroatoms. The van der Waals surface area contributed by atoms with Gasteiger partial charge in [-0.1, -0.05) is 24.3 Å². The SMILES string of the molecule is O=S(=O)(Cl)c1ccc(OCC2CC2)c2ccccc12. The van der Waals surface area contributed by atoms with E-state index in [-0.39, 0.29) is 4.90 Å². The Bertz CT molecular complexity index is 721. The monoisotopic (exact) mass is 296 g/mol. The second-order valence-electron chi connectivity index (χ2n) is 4.80. The molecule has 0 amide bonds. The zero-order valence-electron chi connectivity index (χ0n) is 10.2. The zero-order chi connectivity index (χ0) is 13.5. The third-order valence-electron chi connectivity index (χ3n) is 3.28. The van der Waals surface area contributed by atoms with Crippen molar-refractivity contribution in [3.63, 3.8) is 0 Å². The predicted molar refractivity (Wildman–Crippen MR) is 75.2 cm³/mol. The lowest BCUT2D eigenvalue weighted by molar-refractivity contribution is 0.303. The summed E-state index contributed by atoms with van der Waals surface area (Å²) in [4.78, 5) is 0.128. The van der Waals surface area contributed by atoms with Gasteiger partial charge in [0.25, 0.3) is 9.05 Å². The van der Waals surface area contributed by atoms with Gasteiger partial charge in [0.05, 0.1) is 11.5 Å². The molecule has 0 N–H and O–H groups in total. The molecule has 0 spiro atoms. The lowest BCUT2D eigenvalue weighted by atomic mass is 10.1. The highest BCUT2D eigenvalue weighted by Gasteiger charge is 2.23. The van der Waals surface area contributed by atoms with Gasteiger partial charge in [-0.05, 0) is 30.9 Å². The highest BCUT2D eigenvalue weighted by Crippen LogP contribution is 2.35. The van der Waals surface area contributed by atoms with Crippen LogP contribution in [0.25, 0.3) is 10.8 Å². The van der Waals surface area contributed by atoms with Gasteiger partial charge in [0, 0.05) is 21.5 Å². The fourth-order valence-electron chi connectivity index (χ4n) is 2.07. The van der Waals surface area contributed by atoms with Crippen molar-refractivity contribution < 1.29 is 13.2 Å². The molecule has 2 aromatic rings. The molecule has 0 bridgehead atoms. The Labute approximate surface area is 116 Å². The number of ether oxygens (including phenoxy) is 1. The first-order valence-electron chi connectivity index (χ1n) is 6.15. The van der Waals surface area contributed by atoms with Crippen LogP contribution >= 0.6 is 10.7 Å². The van der Waals surface area contributed by atoms with E-state index >= 15 is 0 Å². The van der Waals surface area contributed by atoms with E-state index in [1.54, 1.807) is 18.2 Å². The Morgan fingerprint density at radius 1 is 1.11 bits per heavy atom. The second kappa shape index (κ2) is 4.69. The average molecular weight is 297 g/mol. The first kappa shape index (κ1) is 12.8. The van der Waals surface area contributed by atoms with Crippen LogP contribution in [0.5, 0.6) is 5.75 Å². The predicted octanol–water partition coefficient (Wildman–Crippen LogP) is 3.56. The summed E-state index contributed by atoms with van der Waals surface area (Å²) in [5, 5.41) is 1.38. The quantitative estimate of drug-likeness (QED) is 0.810. The molecule has 1 fully saturated rings. The van der Waals surface area contributed by atoms with Crippen LogP contribution in [0.2, 0.25) is 0 Å². The maximum absolute atomic E-state index is 11.6. The van der Waals surface area contributed by atoms with Crippen molar-refractivity contribution in [2.75, 3.05) is 6.61 Å². The van der Waals surface area contributed by atoms with E-state index in [1.165, 1.54) is 18.9 Å². The second-order valence-corrected chi connectivity index (χ2v) is 7.33. The van der Waals surface area contributed by atoms with Crippen LogP contribution in [-0.4, -0.2) is 15.0 Å². The lowest BCUT2D eigenvalue weighted by Gasteiger charge is -2.10. The van der Waals surface area contributed by atoms with E-state index in [9.17, 15) is 8.42 Å². The molecule has 0 atom stereocenters. The molecule has 1 aliphatic carbocycles. The maximum Gasteiger partial charge on any atom is 0.261 e. The molecule has 0 unspecified atom stereocenters. The van der Waals surface area contributed by atoms with E-state index < -0.39 is 9.05 Å². The summed E-state index contributed by atoms with van der Waals surface area (Å²) in [6.45, 7) is 0.691. The molecule has 0 aromatic heterocycles. The Kier molecular flexibility index (Phi) is 3.15. The normalized spacial score (nSPS) is 15.6. The Morgan fingerprint density at radius 2 is 1.79 bits per heavy atom. The van der Waals surface area contributed by atoms with Crippen molar-refractivity contribution in [2.24, 2.45) is 5.92 Å². The number of hydrogen-bond acceptors (Lipinski definition) is 3. The van der Waals surface area contributed by atoms with Gasteiger partial charge in [0.15, 0.2) is 0 Å². The van der Waals surface area contributed by atoms with Crippen molar-refractivity contribution in [3.8, 4) is 5.75 Å². The number of fused-ring (bicyclic) bond motifs is 1. The zero-order valence-corrected chi connectivity index (χ0v) is 11.7. The molecule has 0 saturated heterocycles. The van der Waals surface area contributed by atoms with Crippen molar-refractivity contribution in [1.82, 2.24) is 0 Å². The summed E-state index contributed by atoms with van der Waals surface area (Å²) in [5.41, 5.74) is 0. The largest absolute Gasteiger partial charge is 0.493 e. The van der Waals surface area contributed by atoms with Crippen molar-refractivity contribution in [2.45, 2.75) is 17.7 Å². The Hall–Kier alpha value is -1.26. The van der Waals surface area contributed by atoms with Gasteiger partial charge < -0.3 is 4.74 Å². The highest BCUT2D eigenvalue weighted by molar-refractivity contribution is 8.14. The van der Waals surface area contributed by atoms with E-state index in [0.29, 0.717) is 23.7 Å². The van der Waals surface area contributed by atoms with Crippen LogP contribution in [0, 0.1) is 5.92 Å². The molecule has 1 saturated carbocycles. The molecule has 2 aromatic carbocycles. The van der Waals surface area contributed by atoms with E-state index in [2.05, 4.69) is 0 Å². The van der Waals surface area contributed by atoms with Gasteiger partial charge in [-0.3, -0.25) is 0 Å². The number of benzene rings is 2. The first-order chi connectivity index (χ1) is 9.05. The summed E-state index contributed by atoms with van der Waals surface area (Å²) in [6.07, 6.45) is 2.43. The molecule has 0 radical (unpaired) electrons. The average Bonchev–Trinajstić information content (AvgIpc) is 3.18. The first-order valence-corrected chi connectivity index (χ1v) is 8.46. The summed E-state index contributed by atoms with van der Waals surface area (Å²) < 4.78 is 28.9. The topological polar surface area (TPSA) is 43.4 Å². The van der Waals surface area contributed by atoms with Crippen LogP contribution < -0.4 is 4.74 Å². The molecule has 1 aliphatic rings. The fourth-order valence-corrected chi connectivity index (χ4v) is 3.15. The number of rotatable bonds is 4. The fraction of sp³-hybridized carbons (Fsp3) is 0.286. The van der Waals surface area contributed by atoms with Gasteiger partial charge in [-0.25, -0.2) is 8.42 Å². The molecule has 100 valence electrons. The third-order valence-corrected chi connectivity index (χ3v) is 4.66. The number of hydrogen-bond donors (Lipinski definition) is 0. The van der Waals surface area contributed by atoms with Gasteiger partial charge in [0.2, 0.25) is 0 Å². The van der Waals surface area contributed by atoms with Gasteiger partial charge >= 0.3 is 0 Å². The minimum Gasteiger partial charge on any atom is -0.493 e. The summed E-state index contributed by atoms with van der Waals surface area (Å²) in [7, 11) is 1.71. The van der Waals surface area contributed by atoms with Crippen molar-refractivity contribution in [3.05, 3.63) is 36.4 Å². The van der Waals surface area contributed by atoms with Crippen LogP contribution in [0.3, 0.4) is 0 Å². The van der Waals surface area contributed by atoms with Crippen LogP contribution in [0.1, 0.15) is 12.8 Å². The Balaban J connectivity index is 2.10. The minimum atomic E-state index is -3.75.